The van der Waals surface area contributed by atoms with E-state index in [4.69, 9.17) is 10.5 Å². The van der Waals surface area contributed by atoms with Crippen LogP contribution in [0.25, 0.3) is 0 Å². The number of rotatable bonds is 4. The molecule has 126 valence electrons. The van der Waals surface area contributed by atoms with Crippen LogP contribution in [0.1, 0.15) is 32.4 Å². The first-order valence-electron chi connectivity index (χ1n) is 7.83. The van der Waals surface area contributed by atoms with E-state index in [2.05, 4.69) is 5.32 Å². The predicted octanol–water partition coefficient (Wildman–Crippen LogP) is 1.67. The first-order valence-corrected chi connectivity index (χ1v) is 7.83. The van der Waals surface area contributed by atoms with Crippen LogP contribution in [0, 0.1) is 5.92 Å². The highest BCUT2D eigenvalue weighted by atomic mass is 16.6. The van der Waals surface area contributed by atoms with Crippen molar-refractivity contribution < 1.29 is 14.3 Å². The SMILES string of the molecule is CC(C)(C)OC(=O)N1CC(C(=O)N[C@H](CN)c2ccccc2)C1. The predicted molar refractivity (Wildman–Crippen MR) is 87.7 cm³/mol. The van der Waals surface area contributed by atoms with Gasteiger partial charge in [0.2, 0.25) is 5.91 Å². The highest BCUT2D eigenvalue weighted by Crippen LogP contribution is 2.21. The second-order valence-corrected chi connectivity index (χ2v) is 6.79. The molecule has 23 heavy (non-hydrogen) atoms. The van der Waals surface area contributed by atoms with Gasteiger partial charge in [0, 0.05) is 19.6 Å². The number of benzene rings is 1. The van der Waals surface area contributed by atoms with Gasteiger partial charge in [-0.05, 0) is 26.3 Å². The zero-order chi connectivity index (χ0) is 17.0. The molecule has 0 spiro atoms. The summed E-state index contributed by atoms with van der Waals surface area (Å²) in [7, 11) is 0. The molecular formula is C17H25N3O3. The second-order valence-electron chi connectivity index (χ2n) is 6.79. The van der Waals surface area contributed by atoms with Gasteiger partial charge in [-0.15, -0.1) is 0 Å². The van der Waals surface area contributed by atoms with Gasteiger partial charge in [-0.3, -0.25) is 4.79 Å². The first-order chi connectivity index (χ1) is 10.8. The number of amides is 2. The molecule has 2 amide bonds. The standard InChI is InChI=1S/C17H25N3O3/c1-17(2,3)23-16(22)20-10-13(11-20)15(21)19-14(9-18)12-7-5-4-6-8-12/h4-8,13-14H,9-11,18H2,1-3H3,(H,19,21)/t14-/m1/s1. The Balaban J connectivity index is 1.83. The molecule has 1 aliphatic rings. The maximum Gasteiger partial charge on any atom is 0.410 e. The average Bonchev–Trinajstić information content (AvgIpc) is 2.42. The summed E-state index contributed by atoms with van der Waals surface area (Å²) in [6, 6.07) is 9.41. The molecule has 0 bridgehead atoms. The molecule has 1 saturated heterocycles. The number of carbonyl (C=O) groups is 2. The van der Waals surface area contributed by atoms with E-state index >= 15 is 0 Å². The molecule has 2 rings (SSSR count). The van der Waals surface area contributed by atoms with Crippen LogP contribution in [0.5, 0.6) is 0 Å². The fourth-order valence-corrected chi connectivity index (χ4v) is 2.37. The molecule has 3 N–H and O–H groups in total. The highest BCUT2D eigenvalue weighted by molar-refractivity contribution is 5.83. The average molecular weight is 319 g/mol. The van der Waals surface area contributed by atoms with E-state index in [1.165, 1.54) is 4.90 Å². The van der Waals surface area contributed by atoms with Crippen molar-refractivity contribution in [1.29, 1.82) is 0 Å². The Bertz CT molecular complexity index is 548. The number of nitrogens with two attached hydrogens (primary N) is 1. The lowest BCUT2D eigenvalue weighted by molar-refractivity contribution is -0.130. The topological polar surface area (TPSA) is 84.7 Å². The van der Waals surface area contributed by atoms with Crippen molar-refractivity contribution in [2.75, 3.05) is 19.6 Å². The third-order valence-corrected chi connectivity index (χ3v) is 3.66. The zero-order valence-corrected chi connectivity index (χ0v) is 13.9. The Morgan fingerprint density at radius 3 is 2.43 bits per heavy atom. The van der Waals surface area contributed by atoms with E-state index < -0.39 is 5.60 Å². The lowest BCUT2D eigenvalue weighted by Gasteiger charge is -2.39. The molecule has 1 heterocycles. The Kier molecular flexibility index (Phi) is 5.26. The van der Waals surface area contributed by atoms with Gasteiger partial charge in [0.1, 0.15) is 5.60 Å². The van der Waals surface area contributed by atoms with Gasteiger partial charge in [-0.25, -0.2) is 4.79 Å². The molecule has 0 unspecified atom stereocenters. The van der Waals surface area contributed by atoms with Crippen LogP contribution in [0.2, 0.25) is 0 Å². The zero-order valence-electron chi connectivity index (χ0n) is 13.9. The fraction of sp³-hybridized carbons (Fsp3) is 0.529. The Hall–Kier alpha value is -2.08. The number of carbonyl (C=O) groups excluding carboxylic acids is 2. The summed E-state index contributed by atoms with van der Waals surface area (Å²) in [5, 5.41) is 2.95. The number of ether oxygens (including phenoxy) is 1. The maximum atomic E-state index is 12.3. The van der Waals surface area contributed by atoms with Crippen LogP contribution in [0.4, 0.5) is 4.79 Å². The minimum Gasteiger partial charge on any atom is -0.444 e. The van der Waals surface area contributed by atoms with Crippen LogP contribution in [-0.2, 0) is 9.53 Å². The smallest absolute Gasteiger partial charge is 0.410 e. The molecule has 0 saturated carbocycles. The summed E-state index contributed by atoms with van der Waals surface area (Å²) < 4.78 is 5.28. The summed E-state index contributed by atoms with van der Waals surface area (Å²) >= 11 is 0. The van der Waals surface area contributed by atoms with E-state index in [0.717, 1.165) is 5.56 Å². The molecular weight excluding hydrogens is 294 g/mol. The Labute approximate surface area is 137 Å². The maximum absolute atomic E-state index is 12.3. The van der Waals surface area contributed by atoms with Crippen molar-refractivity contribution >= 4 is 12.0 Å². The molecule has 1 aromatic rings. The van der Waals surface area contributed by atoms with Crippen molar-refractivity contribution in [3.63, 3.8) is 0 Å². The van der Waals surface area contributed by atoms with E-state index in [1.54, 1.807) is 0 Å². The minimum absolute atomic E-state index is 0.0795. The summed E-state index contributed by atoms with van der Waals surface area (Å²) in [4.78, 5) is 25.7. The van der Waals surface area contributed by atoms with E-state index in [9.17, 15) is 9.59 Å². The number of hydrogen-bond acceptors (Lipinski definition) is 4. The second kappa shape index (κ2) is 7.00. The van der Waals surface area contributed by atoms with Gasteiger partial charge < -0.3 is 20.7 Å². The fourth-order valence-electron chi connectivity index (χ4n) is 2.37. The Morgan fingerprint density at radius 2 is 1.91 bits per heavy atom. The van der Waals surface area contributed by atoms with Crippen LogP contribution in [-0.4, -0.2) is 42.1 Å². The van der Waals surface area contributed by atoms with Gasteiger partial charge in [0.15, 0.2) is 0 Å². The van der Waals surface area contributed by atoms with Crippen LogP contribution in [0.15, 0.2) is 30.3 Å². The summed E-state index contributed by atoms with van der Waals surface area (Å²) in [5.74, 6) is -0.288. The van der Waals surface area contributed by atoms with Gasteiger partial charge in [-0.2, -0.15) is 0 Å². The highest BCUT2D eigenvalue weighted by Gasteiger charge is 2.38. The molecule has 1 fully saturated rings. The monoisotopic (exact) mass is 319 g/mol. The first kappa shape index (κ1) is 17.3. The number of hydrogen-bond donors (Lipinski definition) is 2. The molecule has 0 aliphatic carbocycles. The molecule has 0 aromatic heterocycles. The van der Waals surface area contributed by atoms with Crippen molar-refractivity contribution in [1.82, 2.24) is 10.2 Å². The molecule has 6 heteroatoms. The third kappa shape index (κ3) is 4.69. The van der Waals surface area contributed by atoms with Crippen molar-refractivity contribution in [3.8, 4) is 0 Å². The van der Waals surface area contributed by atoms with Crippen molar-refractivity contribution in [2.45, 2.75) is 32.4 Å². The van der Waals surface area contributed by atoms with Gasteiger partial charge in [0.05, 0.1) is 12.0 Å². The van der Waals surface area contributed by atoms with Gasteiger partial charge >= 0.3 is 6.09 Å². The van der Waals surface area contributed by atoms with Crippen molar-refractivity contribution in [3.05, 3.63) is 35.9 Å². The molecule has 0 radical (unpaired) electrons. The van der Waals surface area contributed by atoms with E-state index in [1.807, 2.05) is 51.1 Å². The van der Waals surface area contributed by atoms with Crippen LogP contribution >= 0.6 is 0 Å². The molecule has 1 aliphatic heterocycles. The van der Waals surface area contributed by atoms with E-state index in [-0.39, 0.29) is 24.0 Å². The number of likely N-dealkylation sites (tertiary alicyclic amines) is 1. The molecule has 1 aromatic carbocycles. The van der Waals surface area contributed by atoms with Gasteiger partial charge in [-0.1, -0.05) is 30.3 Å². The quantitative estimate of drug-likeness (QED) is 0.884. The Morgan fingerprint density at radius 1 is 1.30 bits per heavy atom. The lowest BCUT2D eigenvalue weighted by Crippen LogP contribution is -2.57. The van der Waals surface area contributed by atoms with Crippen LogP contribution < -0.4 is 11.1 Å². The van der Waals surface area contributed by atoms with Crippen molar-refractivity contribution in [2.24, 2.45) is 11.7 Å². The molecule has 6 nitrogen and oxygen atoms in total. The summed E-state index contributed by atoms with van der Waals surface area (Å²) in [6.07, 6.45) is -0.375. The lowest BCUT2D eigenvalue weighted by atomic mass is 9.98. The summed E-state index contributed by atoms with van der Waals surface area (Å²) in [6.45, 7) is 6.56. The van der Waals surface area contributed by atoms with Gasteiger partial charge in [0.25, 0.3) is 0 Å². The minimum atomic E-state index is -0.525. The third-order valence-electron chi connectivity index (χ3n) is 3.66. The number of nitrogens with one attached hydrogen (secondary N) is 1. The summed E-state index contributed by atoms with van der Waals surface area (Å²) in [5.41, 5.74) is 6.21. The molecule has 1 atom stereocenters. The normalized spacial score (nSPS) is 16.4. The van der Waals surface area contributed by atoms with Crippen LogP contribution in [0.3, 0.4) is 0 Å². The van der Waals surface area contributed by atoms with E-state index in [0.29, 0.717) is 19.6 Å². The number of nitrogens with zero attached hydrogens (tertiary/aromatic N) is 1. The largest absolute Gasteiger partial charge is 0.444 e.